The second-order valence-electron chi connectivity index (χ2n) is 5.92. The van der Waals surface area contributed by atoms with Crippen molar-refractivity contribution in [3.63, 3.8) is 0 Å². The number of benzene rings is 2. The zero-order chi connectivity index (χ0) is 20.4. The van der Waals surface area contributed by atoms with Gasteiger partial charge in [-0.15, -0.1) is 0 Å². The van der Waals surface area contributed by atoms with Gasteiger partial charge in [0, 0.05) is 16.1 Å². The molecule has 0 aliphatic heterocycles. The number of halogens is 1. The molecule has 0 saturated heterocycles. The van der Waals surface area contributed by atoms with Gasteiger partial charge in [0.25, 0.3) is 17.7 Å². The lowest BCUT2D eigenvalue weighted by Crippen LogP contribution is -2.46. The predicted octanol–water partition coefficient (Wildman–Crippen LogP) is 2.71. The molecule has 7 nitrogen and oxygen atoms in total. The molecule has 148 valence electrons. The largest absolute Gasteiger partial charge is 0.494 e. The Balaban J connectivity index is 1.73. The lowest BCUT2D eigenvalue weighted by Gasteiger charge is -2.09. The molecule has 0 atom stereocenters. The molecule has 0 bridgehead atoms. The molecule has 0 fully saturated rings. The van der Waals surface area contributed by atoms with E-state index in [0.717, 1.165) is 12.8 Å². The fourth-order valence-electron chi connectivity index (χ4n) is 2.14. The molecule has 0 radical (unpaired) electrons. The summed E-state index contributed by atoms with van der Waals surface area (Å²) in [4.78, 5) is 35.7. The molecule has 0 aliphatic carbocycles. The van der Waals surface area contributed by atoms with Crippen molar-refractivity contribution < 1.29 is 19.1 Å². The Bertz CT molecular complexity index is 807. The number of unbranched alkanes of at least 4 members (excludes halogenated alkanes) is 1. The Morgan fingerprint density at radius 2 is 1.50 bits per heavy atom. The molecule has 0 spiro atoms. The van der Waals surface area contributed by atoms with Crippen LogP contribution in [-0.4, -0.2) is 30.9 Å². The van der Waals surface area contributed by atoms with E-state index in [0.29, 0.717) is 28.5 Å². The van der Waals surface area contributed by atoms with Gasteiger partial charge in [0.15, 0.2) is 0 Å². The van der Waals surface area contributed by atoms with Gasteiger partial charge in [-0.25, -0.2) is 0 Å². The third kappa shape index (κ3) is 6.92. The lowest BCUT2D eigenvalue weighted by atomic mass is 10.2. The van der Waals surface area contributed by atoms with Crippen LogP contribution in [0, 0.1) is 0 Å². The number of amides is 3. The summed E-state index contributed by atoms with van der Waals surface area (Å²) in [5, 5.41) is 2.98. The van der Waals surface area contributed by atoms with Crippen molar-refractivity contribution in [2.24, 2.45) is 0 Å². The number of nitrogens with one attached hydrogen (secondary N) is 3. The van der Waals surface area contributed by atoms with E-state index >= 15 is 0 Å². The zero-order valence-electron chi connectivity index (χ0n) is 15.5. The monoisotopic (exact) mass is 403 g/mol. The van der Waals surface area contributed by atoms with E-state index in [1.165, 1.54) is 12.1 Å². The number of hydrazine groups is 1. The van der Waals surface area contributed by atoms with Crippen LogP contribution in [0.3, 0.4) is 0 Å². The van der Waals surface area contributed by atoms with Gasteiger partial charge in [-0.05, 0) is 55.0 Å². The molecule has 0 heterocycles. The van der Waals surface area contributed by atoms with Crippen molar-refractivity contribution in [2.45, 2.75) is 19.8 Å². The second-order valence-corrected chi connectivity index (χ2v) is 6.35. The number of rotatable bonds is 8. The Morgan fingerprint density at radius 1 is 0.893 bits per heavy atom. The van der Waals surface area contributed by atoms with Crippen LogP contribution in [0.2, 0.25) is 5.02 Å². The molecule has 0 saturated carbocycles. The van der Waals surface area contributed by atoms with E-state index in [4.69, 9.17) is 16.3 Å². The Labute approximate surface area is 168 Å². The number of hydrogen-bond donors (Lipinski definition) is 3. The first-order chi connectivity index (χ1) is 13.5. The standard InChI is InChI=1S/C20H22ClN3O4/c1-2-3-12-28-17-10-6-14(7-11-17)19(26)22-13-18(25)23-24-20(27)15-4-8-16(21)9-5-15/h4-11H,2-3,12-13H2,1H3,(H,22,26)(H,23,25)(H,24,27). The van der Waals surface area contributed by atoms with E-state index in [2.05, 4.69) is 23.1 Å². The average Bonchev–Trinajstić information content (AvgIpc) is 2.71. The highest BCUT2D eigenvalue weighted by Gasteiger charge is 2.10. The van der Waals surface area contributed by atoms with Crippen LogP contribution < -0.4 is 20.9 Å². The van der Waals surface area contributed by atoms with Crippen molar-refractivity contribution in [3.8, 4) is 5.75 Å². The third-order valence-electron chi connectivity index (χ3n) is 3.71. The minimum absolute atomic E-state index is 0.283. The summed E-state index contributed by atoms with van der Waals surface area (Å²) in [6.07, 6.45) is 2.01. The summed E-state index contributed by atoms with van der Waals surface area (Å²) in [5.74, 6) is -0.767. The molecule has 0 unspecified atom stereocenters. The topological polar surface area (TPSA) is 96.5 Å². The highest BCUT2D eigenvalue weighted by molar-refractivity contribution is 6.30. The van der Waals surface area contributed by atoms with Crippen molar-refractivity contribution in [2.75, 3.05) is 13.2 Å². The van der Waals surface area contributed by atoms with E-state index in [9.17, 15) is 14.4 Å². The first kappa shape index (κ1) is 21.2. The average molecular weight is 404 g/mol. The zero-order valence-corrected chi connectivity index (χ0v) is 16.2. The van der Waals surface area contributed by atoms with E-state index in [1.54, 1.807) is 36.4 Å². The first-order valence-corrected chi connectivity index (χ1v) is 9.23. The van der Waals surface area contributed by atoms with Gasteiger partial charge in [0.05, 0.1) is 13.2 Å². The minimum Gasteiger partial charge on any atom is -0.494 e. The molecule has 2 aromatic carbocycles. The summed E-state index contributed by atoms with van der Waals surface area (Å²) >= 11 is 5.75. The molecule has 3 N–H and O–H groups in total. The summed E-state index contributed by atoms with van der Waals surface area (Å²) in [6.45, 7) is 2.43. The first-order valence-electron chi connectivity index (χ1n) is 8.85. The number of carbonyl (C=O) groups is 3. The maximum absolute atomic E-state index is 12.1. The van der Waals surface area contributed by atoms with Crippen LogP contribution in [0.5, 0.6) is 5.75 Å². The molecule has 28 heavy (non-hydrogen) atoms. The minimum atomic E-state index is -0.560. The summed E-state index contributed by atoms with van der Waals surface area (Å²) in [6, 6.07) is 12.8. The maximum Gasteiger partial charge on any atom is 0.269 e. The van der Waals surface area contributed by atoms with Crippen LogP contribution in [0.15, 0.2) is 48.5 Å². The van der Waals surface area contributed by atoms with Gasteiger partial charge in [-0.3, -0.25) is 25.2 Å². The van der Waals surface area contributed by atoms with Crippen LogP contribution in [-0.2, 0) is 4.79 Å². The van der Waals surface area contributed by atoms with Gasteiger partial charge in [-0.1, -0.05) is 24.9 Å². The highest BCUT2D eigenvalue weighted by Crippen LogP contribution is 2.12. The van der Waals surface area contributed by atoms with Crippen molar-refractivity contribution in [3.05, 3.63) is 64.7 Å². The molecule has 8 heteroatoms. The van der Waals surface area contributed by atoms with Crippen LogP contribution in [0.25, 0.3) is 0 Å². The van der Waals surface area contributed by atoms with Gasteiger partial charge >= 0.3 is 0 Å². The van der Waals surface area contributed by atoms with Crippen molar-refractivity contribution in [1.82, 2.24) is 16.2 Å². The fourth-order valence-corrected chi connectivity index (χ4v) is 2.27. The van der Waals surface area contributed by atoms with Crippen LogP contribution in [0.1, 0.15) is 40.5 Å². The van der Waals surface area contributed by atoms with Crippen molar-refractivity contribution >= 4 is 29.3 Å². The summed E-state index contributed by atoms with van der Waals surface area (Å²) < 4.78 is 5.53. The lowest BCUT2D eigenvalue weighted by molar-refractivity contribution is -0.120. The van der Waals surface area contributed by atoms with Gasteiger partial charge in [0.2, 0.25) is 0 Å². The molecule has 0 aromatic heterocycles. The number of ether oxygens (including phenoxy) is 1. The van der Waals surface area contributed by atoms with Gasteiger partial charge in [0.1, 0.15) is 5.75 Å². The smallest absolute Gasteiger partial charge is 0.269 e. The number of hydrogen-bond acceptors (Lipinski definition) is 4. The summed E-state index contributed by atoms with van der Waals surface area (Å²) in [7, 11) is 0. The molecule has 2 aromatic rings. The maximum atomic E-state index is 12.1. The SMILES string of the molecule is CCCCOc1ccc(C(=O)NCC(=O)NNC(=O)c2ccc(Cl)cc2)cc1. The summed E-state index contributed by atoms with van der Waals surface area (Å²) in [5.41, 5.74) is 5.24. The molecular formula is C20H22ClN3O4. The predicted molar refractivity (Wildman–Crippen MR) is 106 cm³/mol. The molecular weight excluding hydrogens is 382 g/mol. The van der Waals surface area contributed by atoms with E-state index < -0.39 is 17.7 Å². The fraction of sp³-hybridized carbons (Fsp3) is 0.250. The Kier molecular flexibility index (Phi) is 8.30. The van der Waals surface area contributed by atoms with E-state index in [-0.39, 0.29) is 6.54 Å². The Hall–Kier alpha value is -3.06. The quantitative estimate of drug-likeness (QED) is 0.466. The van der Waals surface area contributed by atoms with E-state index in [1.807, 2.05) is 0 Å². The molecule has 3 amide bonds. The second kappa shape index (κ2) is 10.9. The van der Waals surface area contributed by atoms with Gasteiger partial charge in [-0.2, -0.15) is 0 Å². The molecule has 2 rings (SSSR count). The van der Waals surface area contributed by atoms with Gasteiger partial charge < -0.3 is 10.1 Å². The third-order valence-corrected chi connectivity index (χ3v) is 3.97. The molecule has 0 aliphatic rings. The highest BCUT2D eigenvalue weighted by atomic mass is 35.5. The number of carbonyl (C=O) groups excluding carboxylic acids is 3. The van der Waals surface area contributed by atoms with Crippen LogP contribution >= 0.6 is 11.6 Å². The normalized spacial score (nSPS) is 10.1. The Morgan fingerprint density at radius 3 is 2.14 bits per heavy atom. The van der Waals surface area contributed by atoms with Crippen molar-refractivity contribution in [1.29, 1.82) is 0 Å². The van der Waals surface area contributed by atoms with Crippen LogP contribution in [0.4, 0.5) is 0 Å².